The number of benzene rings is 1. The van der Waals surface area contributed by atoms with Gasteiger partial charge in [0, 0.05) is 42.0 Å². The number of nitrogen functional groups attached to an aromatic ring is 1. The van der Waals surface area contributed by atoms with Gasteiger partial charge in [-0.15, -0.1) is 0 Å². The van der Waals surface area contributed by atoms with Crippen molar-refractivity contribution < 1.29 is 4.39 Å². The van der Waals surface area contributed by atoms with Crippen molar-refractivity contribution in [3.63, 3.8) is 0 Å². The van der Waals surface area contributed by atoms with Crippen LogP contribution in [-0.4, -0.2) is 46.2 Å². The summed E-state index contributed by atoms with van der Waals surface area (Å²) in [5.41, 5.74) is 13.7. The van der Waals surface area contributed by atoms with Crippen LogP contribution in [0.2, 0.25) is 0 Å². The van der Waals surface area contributed by atoms with Crippen molar-refractivity contribution in [3.05, 3.63) is 58.2 Å². The van der Waals surface area contributed by atoms with E-state index in [1.54, 1.807) is 0 Å². The maximum atomic E-state index is 12.8. The molecule has 4 aliphatic rings. The topological polar surface area (TPSA) is 82.1 Å². The lowest BCUT2D eigenvalue weighted by molar-refractivity contribution is 0.217. The van der Waals surface area contributed by atoms with E-state index >= 15 is 0 Å². The molecule has 4 atom stereocenters. The van der Waals surface area contributed by atoms with Gasteiger partial charge in [-0.2, -0.15) is 5.26 Å². The molecule has 4 heterocycles. The molecule has 3 fully saturated rings. The average Bonchev–Trinajstić information content (AvgIpc) is 3.48. The maximum absolute atomic E-state index is 12.8. The average molecular weight is 573 g/mol. The fraction of sp³-hybridized carbons (Fsp3) is 0.629. The maximum Gasteiger partial charge on any atom is 0.139 e. The van der Waals surface area contributed by atoms with E-state index < -0.39 is 6.17 Å². The summed E-state index contributed by atoms with van der Waals surface area (Å²) in [6.45, 7) is 15.9. The predicted octanol–water partition coefficient (Wildman–Crippen LogP) is 7.37. The quantitative estimate of drug-likeness (QED) is 0.377. The predicted molar refractivity (Wildman–Crippen MR) is 170 cm³/mol. The van der Waals surface area contributed by atoms with Gasteiger partial charge in [-0.25, -0.2) is 14.4 Å². The number of allylic oxidation sites excluding steroid dienone is 1. The van der Waals surface area contributed by atoms with E-state index in [-0.39, 0.29) is 11.5 Å². The highest BCUT2D eigenvalue weighted by molar-refractivity contribution is 5.63. The number of anilines is 2. The lowest BCUT2D eigenvalue weighted by Crippen LogP contribution is -2.34. The Kier molecular flexibility index (Phi) is 9.23. The summed E-state index contributed by atoms with van der Waals surface area (Å²) < 4.78 is 12.8. The zero-order chi connectivity index (χ0) is 30.0. The lowest BCUT2D eigenvalue weighted by atomic mass is 9.76. The van der Waals surface area contributed by atoms with E-state index in [0.717, 1.165) is 80.9 Å². The van der Waals surface area contributed by atoms with Gasteiger partial charge in [0.15, 0.2) is 0 Å². The molecule has 2 aromatic rings. The van der Waals surface area contributed by atoms with E-state index in [1.165, 1.54) is 42.5 Å². The van der Waals surface area contributed by atoms with Crippen LogP contribution in [0.5, 0.6) is 0 Å². The molecule has 0 radical (unpaired) electrons. The molecular formula is C35H49FN6. The zero-order valence-electron chi connectivity index (χ0n) is 26.2. The van der Waals surface area contributed by atoms with Crippen LogP contribution in [0.4, 0.5) is 15.9 Å². The fourth-order valence-corrected chi connectivity index (χ4v) is 7.69. The summed E-state index contributed by atoms with van der Waals surface area (Å²) in [6, 6.07) is 6.45. The SMILES string of the molecule is C=C1CCCCN1c1nc(CC)nc2c1CCC(c1c([C@@H](C)CC)ccc(N)c1C#N)C2.CC12CCCN1CC(F)C2. The summed E-state index contributed by atoms with van der Waals surface area (Å²) >= 11 is 0. The van der Waals surface area contributed by atoms with Gasteiger partial charge in [-0.1, -0.05) is 33.4 Å². The first kappa shape index (κ1) is 30.5. The summed E-state index contributed by atoms with van der Waals surface area (Å²) in [7, 11) is 0. The number of halogens is 1. The first-order valence-corrected chi connectivity index (χ1v) is 16.2. The Balaban J connectivity index is 0.000000295. The minimum absolute atomic E-state index is 0.236. The molecule has 0 amide bonds. The second-order valence-electron chi connectivity index (χ2n) is 13.2. The second kappa shape index (κ2) is 12.7. The van der Waals surface area contributed by atoms with E-state index in [9.17, 15) is 9.65 Å². The molecule has 1 aliphatic carbocycles. The number of hydrogen-bond donors (Lipinski definition) is 1. The Hall–Kier alpha value is -2.98. The second-order valence-corrected chi connectivity index (χ2v) is 13.2. The number of nitriles is 1. The van der Waals surface area contributed by atoms with E-state index in [4.69, 9.17) is 15.7 Å². The molecular weight excluding hydrogens is 523 g/mol. The Morgan fingerprint density at radius 2 is 2.00 bits per heavy atom. The van der Waals surface area contributed by atoms with E-state index in [1.807, 2.05) is 6.07 Å². The molecule has 0 saturated carbocycles. The van der Waals surface area contributed by atoms with Crippen LogP contribution < -0.4 is 10.6 Å². The lowest BCUT2D eigenvalue weighted by Gasteiger charge is -2.35. The smallest absolute Gasteiger partial charge is 0.139 e. The molecule has 0 bridgehead atoms. The minimum Gasteiger partial charge on any atom is -0.398 e. The van der Waals surface area contributed by atoms with E-state index in [0.29, 0.717) is 23.7 Å². The molecule has 6 rings (SSSR count). The molecule has 42 heavy (non-hydrogen) atoms. The van der Waals surface area contributed by atoms with Gasteiger partial charge < -0.3 is 10.6 Å². The molecule has 6 nitrogen and oxygen atoms in total. The third-order valence-corrected chi connectivity index (χ3v) is 10.3. The summed E-state index contributed by atoms with van der Waals surface area (Å²) in [6.07, 6.45) is 10.7. The third-order valence-electron chi connectivity index (χ3n) is 10.3. The molecule has 0 spiro atoms. The highest BCUT2D eigenvalue weighted by Gasteiger charge is 2.44. The molecule has 3 saturated heterocycles. The number of alkyl halides is 1. The van der Waals surface area contributed by atoms with Crippen molar-refractivity contribution in [1.29, 1.82) is 5.26 Å². The molecule has 1 aromatic heterocycles. The zero-order valence-corrected chi connectivity index (χ0v) is 26.2. The van der Waals surface area contributed by atoms with Crippen LogP contribution in [0.25, 0.3) is 0 Å². The first-order valence-electron chi connectivity index (χ1n) is 16.2. The van der Waals surface area contributed by atoms with Crippen LogP contribution >= 0.6 is 0 Å². The van der Waals surface area contributed by atoms with Gasteiger partial charge in [-0.05, 0) is 107 Å². The molecule has 3 aliphatic heterocycles. The van der Waals surface area contributed by atoms with Gasteiger partial charge in [0.2, 0.25) is 0 Å². The summed E-state index contributed by atoms with van der Waals surface area (Å²) in [5, 5.41) is 9.96. The first-order chi connectivity index (χ1) is 20.2. The Labute approximate surface area is 252 Å². The number of aromatic nitrogens is 2. The monoisotopic (exact) mass is 572 g/mol. The number of piperidine rings is 1. The fourth-order valence-electron chi connectivity index (χ4n) is 7.69. The highest BCUT2D eigenvalue weighted by Crippen LogP contribution is 2.43. The molecule has 3 unspecified atom stereocenters. The van der Waals surface area contributed by atoms with Gasteiger partial charge in [0.25, 0.3) is 0 Å². The van der Waals surface area contributed by atoms with Gasteiger partial charge in [0.1, 0.15) is 23.9 Å². The largest absolute Gasteiger partial charge is 0.398 e. The minimum atomic E-state index is -0.551. The van der Waals surface area contributed by atoms with Gasteiger partial charge >= 0.3 is 0 Å². The van der Waals surface area contributed by atoms with Crippen molar-refractivity contribution in [2.24, 2.45) is 0 Å². The van der Waals surface area contributed by atoms with Crippen LogP contribution in [-0.2, 0) is 19.3 Å². The van der Waals surface area contributed by atoms with Crippen LogP contribution in [0.3, 0.4) is 0 Å². The summed E-state index contributed by atoms with van der Waals surface area (Å²) in [4.78, 5) is 14.6. The Morgan fingerprint density at radius 1 is 1.19 bits per heavy atom. The van der Waals surface area contributed by atoms with E-state index in [2.05, 4.69) is 56.2 Å². The van der Waals surface area contributed by atoms with Crippen molar-refractivity contribution in [2.45, 2.75) is 122 Å². The summed E-state index contributed by atoms with van der Waals surface area (Å²) in [5.74, 6) is 2.61. The van der Waals surface area contributed by atoms with Crippen molar-refractivity contribution >= 4 is 11.5 Å². The Bertz CT molecular complexity index is 1350. The van der Waals surface area contributed by atoms with Crippen molar-refractivity contribution in [3.8, 4) is 6.07 Å². The number of rotatable bonds is 5. The number of nitrogens with zero attached hydrogens (tertiary/aromatic N) is 5. The van der Waals surface area contributed by atoms with Crippen molar-refractivity contribution in [2.75, 3.05) is 30.3 Å². The van der Waals surface area contributed by atoms with Crippen LogP contribution in [0.15, 0.2) is 24.4 Å². The van der Waals surface area contributed by atoms with Crippen molar-refractivity contribution in [1.82, 2.24) is 14.9 Å². The number of fused-ring (bicyclic) bond motifs is 2. The van der Waals surface area contributed by atoms with Gasteiger partial charge in [0.05, 0.1) is 11.3 Å². The molecule has 1 aromatic carbocycles. The number of hydrogen-bond acceptors (Lipinski definition) is 6. The third kappa shape index (κ3) is 5.93. The molecule has 2 N–H and O–H groups in total. The number of nitrogens with two attached hydrogens (primary N) is 1. The highest BCUT2D eigenvalue weighted by atomic mass is 19.1. The van der Waals surface area contributed by atoms with Crippen LogP contribution in [0, 0.1) is 11.3 Å². The standard InChI is InChI=1S/C27H35N5.C8H14FN/c1-5-17(3)20-12-13-23(29)22(16-28)26(20)19-10-11-21-24(15-19)30-25(6-2)31-27(21)32-14-8-7-9-18(32)4;1-8-3-2-4-10(8)6-7(9)5-8/h12-13,17,19H,4-11,14-15,29H2,1-3H3;7H,2-6H2,1H3/t17-,19?;/m0./s1. The van der Waals surface area contributed by atoms with Crippen LogP contribution in [0.1, 0.15) is 125 Å². The molecule has 226 valence electrons. The van der Waals surface area contributed by atoms with Gasteiger partial charge in [-0.3, -0.25) is 4.90 Å². The number of aryl methyl sites for hydroxylation is 1. The Morgan fingerprint density at radius 3 is 2.69 bits per heavy atom. The molecule has 7 heteroatoms. The normalized spacial score (nSPS) is 26.2.